The number of aromatic nitrogens is 3. The lowest BCUT2D eigenvalue weighted by Gasteiger charge is -2.10. The Hall–Kier alpha value is -2.90. The Morgan fingerprint density at radius 3 is 2.43 bits per heavy atom. The number of hydrogen-bond donors (Lipinski definition) is 1. The SMILES string of the molecule is NC(=O)c1ccc(CSc2nnc(-c3cccs3)n2Cc2ccccc2)cc1. The quantitative estimate of drug-likeness (QED) is 0.460. The van der Waals surface area contributed by atoms with E-state index in [2.05, 4.69) is 33.0 Å². The average molecular weight is 407 g/mol. The van der Waals surface area contributed by atoms with Crippen molar-refractivity contribution in [2.75, 3.05) is 0 Å². The lowest BCUT2D eigenvalue weighted by Crippen LogP contribution is -2.10. The molecule has 2 N–H and O–H groups in total. The zero-order chi connectivity index (χ0) is 19.3. The zero-order valence-electron chi connectivity index (χ0n) is 15.0. The van der Waals surface area contributed by atoms with Crippen LogP contribution >= 0.6 is 23.1 Å². The number of nitrogens with two attached hydrogens (primary N) is 1. The Bertz CT molecular complexity index is 1060. The molecule has 0 saturated carbocycles. The summed E-state index contributed by atoms with van der Waals surface area (Å²) >= 11 is 3.29. The summed E-state index contributed by atoms with van der Waals surface area (Å²) in [4.78, 5) is 12.3. The van der Waals surface area contributed by atoms with Gasteiger partial charge in [0, 0.05) is 11.3 Å². The average Bonchev–Trinajstić information content (AvgIpc) is 3.37. The molecule has 0 bridgehead atoms. The molecule has 0 spiro atoms. The highest BCUT2D eigenvalue weighted by molar-refractivity contribution is 7.98. The summed E-state index contributed by atoms with van der Waals surface area (Å²) < 4.78 is 2.16. The first-order valence-electron chi connectivity index (χ1n) is 8.73. The van der Waals surface area contributed by atoms with Gasteiger partial charge < -0.3 is 5.73 Å². The molecule has 0 fully saturated rings. The number of hydrogen-bond acceptors (Lipinski definition) is 5. The molecular weight excluding hydrogens is 388 g/mol. The van der Waals surface area contributed by atoms with Crippen LogP contribution in [0.25, 0.3) is 10.7 Å². The second-order valence-electron chi connectivity index (χ2n) is 6.21. The van der Waals surface area contributed by atoms with Crippen LogP contribution in [0.15, 0.2) is 77.3 Å². The van der Waals surface area contributed by atoms with Gasteiger partial charge in [-0.1, -0.05) is 60.3 Å². The molecule has 7 heteroatoms. The minimum Gasteiger partial charge on any atom is -0.366 e. The fraction of sp³-hybridized carbons (Fsp3) is 0.0952. The van der Waals surface area contributed by atoms with Gasteiger partial charge in [-0.2, -0.15) is 0 Å². The molecule has 2 aromatic heterocycles. The third-order valence-electron chi connectivity index (χ3n) is 4.25. The summed E-state index contributed by atoms with van der Waals surface area (Å²) in [7, 11) is 0. The molecule has 140 valence electrons. The van der Waals surface area contributed by atoms with E-state index in [1.165, 1.54) is 5.56 Å². The van der Waals surface area contributed by atoms with Crippen molar-refractivity contribution in [1.82, 2.24) is 14.8 Å². The summed E-state index contributed by atoms with van der Waals surface area (Å²) in [6, 6.07) is 21.7. The molecule has 4 rings (SSSR count). The monoisotopic (exact) mass is 406 g/mol. The van der Waals surface area contributed by atoms with Gasteiger partial charge in [0.25, 0.3) is 0 Å². The highest BCUT2D eigenvalue weighted by Crippen LogP contribution is 2.29. The first kappa shape index (κ1) is 18.5. The zero-order valence-corrected chi connectivity index (χ0v) is 16.6. The molecule has 0 unspecified atom stereocenters. The van der Waals surface area contributed by atoms with Crippen LogP contribution < -0.4 is 5.73 Å². The van der Waals surface area contributed by atoms with Crippen LogP contribution in [0.5, 0.6) is 0 Å². The second kappa shape index (κ2) is 8.41. The topological polar surface area (TPSA) is 73.8 Å². The first-order chi connectivity index (χ1) is 13.7. The maximum absolute atomic E-state index is 11.2. The van der Waals surface area contributed by atoms with Gasteiger partial charge in [0.2, 0.25) is 5.91 Å². The Kier molecular flexibility index (Phi) is 5.55. The molecule has 5 nitrogen and oxygen atoms in total. The number of nitrogens with zero attached hydrogens (tertiary/aromatic N) is 3. The van der Waals surface area contributed by atoms with Gasteiger partial charge in [-0.05, 0) is 34.7 Å². The Balaban J connectivity index is 1.58. The molecule has 2 aromatic carbocycles. The molecule has 0 aliphatic heterocycles. The van der Waals surface area contributed by atoms with Crippen molar-refractivity contribution >= 4 is 29.0 Å². The summed E-state index contributed by atoms with van der Waals surface area (Å²) in [6.07, 6.45) is 0. The summed E-state index contributed by atoms with van der Waals surface area (Å²) in [5.41, 5.74) is 8.12. The number of carbonyl (C=O) groups is 1. The van der Waals surface area contributed by atoms with Gasteiger partial charge in [0.1, 0.15) is 0 Å². The molecule has 4 aromatic rings. The Morgan fingerprint density at radius 1 is 0.964 bits per heavy atom. The highest BCUT2D eigenvalue weighted by Gasteiger charge is 2.15. The van der Waals surface area contributed by atoms with Crippen LogP contribution in [0.4, 0.5) is 0 Å². The third kappa shape index (κ3) is 4.16. The second-order valence-corrected chi connectivity index (χ2v) is 8.10. The van der Waals surface area contributed by atoms with E-state index in [4.69, 9.17) is 5.73 Å². The minimum absolute atomic E-state index is 0.414. The molecule has 28 heavy (non-hydrogen) atoms. The fourth-order valence-electron chi connectivity index (χ4n) is 2.81. The lowest BCUT2D eigenvalue weighted by molar-refractivity contribution is 0.100. The summed E-state index contributed by atoms with van der Waals surface area (Å²) in [5.74, 6) is 1.20. The standard InChI is InChI=1S/C21H18N4OS2/c22-19(26)17-10-8-16(9-11-17)14-28-21-24-23-20(18-7-4-12-27-18)25(21)13-15-5-2-1-3-6-15/h1-12H,13-14H2,(H2,22,26). The normalized spacial score (nSPS) is 10.9. The van der Waals surface area contributed by atoms with Crippen molar-refractivity contribution in [2.24, 2.45) is 5.73 Å². The first-order valence-corrected chi connectivity index (χ1v) is 10.6. The molecule has 0 aliphatic rings. The van der Waals surface area contributed by atoms with Gasteiger partial charge >= 0.3 is 0 Å². The van der Waals surface area contributed by atoms with E-state index in [1.54, 1.807) is 35.2 Å². The number of thiophene rings is 1. The van der Waals surface area contributed by atoms with Crippen LogP contribution in [-0.2, 0) is 12.3 Å². The van der Waals surface area contributed by atoms with E-state index >= 15 is 0 Å². The van der Waals surface area contributed by atoms with Crippen molar-refractivity contribution in [1.29, 1.82) is 0 Å². The van der Waals surface area contributed by atoms with Crippen molar-refractivity contribution in [3.05, 3.63) is 88.8 Å². The van der Waals surface area contributed by atoms with Crippen LogP contribution in [0.3, 0.4) is 0 Å². The van der Waals surface area contributed by atoms with Gasteiger partial charge in [-0.15, -0.1) is 21.5 Å². The van der Waals surface area contributed by atoms with Gasteiger partial charge in [0.15, 0.2) is 11.0 Å². The van der Waals surface area contributed by atoms with Crippen LogP contribution in [0.1, 0.15) is 21.5 Å². The van der Waals surface area contributed by atoms with Gasteiger partial charge in [-0.25, -0.2) is 0 Å². The summed E-state index contributed by atoms with van der Waals surface area (Å²) in [5, 5.41) is 11.8. The molecule has 1 amide bonds. The van der Waals surface area contributed by atoms with Crippen LogP contribution in [0.2, 0.25) is 0 Å². The van der Waals surface area contributed by atoms with Crippen molar-refractivity contribution in [2.45, 2.75) is 17.5 Å². The maximum atomic E-state index is 11.2. The van der Waals surface area contributed by atoms with Gasteiger partial charge in [0.05, 0.1) is 11.4 Å². The van der Waals surface area contributed by atoms with Crippen LogP contribution in [-0.4, -0.2) is 20.7 Å². The van der Waals surface area contributed by atoms with Crippen LogP contribution in [0, 0.1) is 0 Å². The van der Waals surface area contributed by atoms with Crippen molar-refractivity contribution in [3.8, 4) is 10.7 Å². The Labute approximate surface area is 171 Å². The predicted molar refractivity (Wildman–Crippen MR) is 113 cm³/mol. The molecule has 0 saturated heterocycles. The van der Waals surface area contributed by atoms with E-state index in [0.717, 1.165) is 27.2 Å². The van der Waals surface area contributed by atoms with Crippen molar-refractivity contribution in [3.63, 3.8) is 0 Å². The van der Waals surface area contributed by atoms with E-state index in [-0.39, 0.29) is 0 Å². The highest BCUT2D eigenvalue weighted by atomic mass is 32.2. The summed E-state index contributed by atoms with van der Waals surface area (Å²) in [6.45, 7) is 0.712. The molecule has 0 radical (unpaired) electrons. The smallest absolute Gasteiger partial charge is 0.248 e. The lowest BCUT2D eigenvalue weighted by atomic mass is 10.1. The largest absolute Gasteiger partial charge is 0.366 e. The van der Waals surface area contributed by atoms with E-state index in [0.29, 0.717) is 12.1 Å². The predicted octanol–water partition coefficient (Wildman–Crippen LogP) is 4.45. The van der Waals surface area contributed by atoms with Crippen molar-refractivity contribution < 1.29 is 4.79 Å². The van der Waals surface area contributed by atoms with E-state index in [9.17, 15) is 4.79 Å². The van der Waals surface area contributed by atoms with E-state index < -0.39 is 5.91 Å². The fourth-order valence-corrected chi connectivity index (χ4v) is 4.42. The molecule has 0 aliphatic carbocycles. The Morgan fingerprint density at radius 2 is 1.75 bits per heavy atom. The third-order valence-corrected chi connectivity index (χ3v) is 6.15. The number of amides is 1. The van der Waals surface area contributed by atoms with E-state index in [1.807, 2.05) is 41.8 Å². The van der Waals surface area contributed by atoms with Gasteiger partial charge in [-0.3, -0.25) is 9.36 Å². The molecular formula is C21H18N4OS2. The molecule has 2 heterocycles. The number of primary amides is 1. The number of rotatable bonds is 7. The minimum atomic E-state index is -0.414. The number of benzene rings is 2. The number of carbonyl (C=O) groups excluding carboxylic acids is 1. The maximum Gasteiger partial charge on any atom is 0.248 e. The number of thioether (sulfide) groups is 1. The molecule has 0 atom stereocenters.